The predicted octanol–water partition coefficient (Wildman–Crippen LogP) is -1.35. The number of aromatic nitrogens is 1. The number of carbonyl (C=O) groups excluding carboxylic acids is 2. The Morgan fingerprint density at radius 2 is 1.55 bits per heavy atom. The minimum Gasteiger partial charge on any atom is -0.484 e. The van der Waals surface area contributed by atoms with Gasteiger partial charge in [-0.15, -0.1) is 0 Å². The molecule has 0 radical (unpaired) electrons. The summed E-state index contributed by atoms with van der Waals surface area (Å²) >= 11 is 0. The number of hydrogen-bond donors (Lipinski definition) is 10. The van der Waals surface area contributed by atoms with Gasteiger partial charge in [-0.25, -0.2) is 9.59 Å². The monoisotopic (exact) mass is 869 g/mol. The number of H-pyrrole nitrogens is 1. The fourth-order valence-corrected chi connectivity index (χ4v) is 7.60. The molecule has 10 N–H and O–H groups in total. The van der Waals surface area contributed by atoms with Crippen LogP contribution in [0.4, 0.5) is 0 Å². The molecule has 62 heavy (non-hydrogen) atoms. The molecule has 3 fully saturated rings. The smallest absolute Gasteiger partial charge is 0.340 e. The third kappa shape index (κ3) is 8.33. The van der Waals surface area contributed by atoms with Gasteiger partial charge in [-0.05, 0) is 35.9 Å². The van der Waals surface area contributed by atoms with Gasteiger partial charge in [-0.2, -0.15) is 0 Å². The fourth-order valence-electron chi connectivity index (χ4n) is 7.60. The molecule has 332 valence electrons. The molecular weight excluding hydrogens is 826 g/mol. The number of carboxylic acid groups (broad SMARTS) is 1. The Morgan fingerprint density at radius 3 is 2.29 bits per heavy atom. The molecule has 4 aliphatic heterocycles. The summed E-state index contributed by atoms with van der Waals surface area (Å²) in [6.07, 6.45) is -20.1. The van der Waals surface area contributed by atoms with Crippen LogP contribution in [0, 0.1) is 0 Å². The fraction of sp³-hybridized carbons (Fsp3) is 0.439. The number of hydrogen-bond acceptors (Lipinski definition) is 19. The maximum Gasteiger partial charge on any atom is 0.340 e. The first-order chi connectivity index (χ1) is 29.6. The van der Waals surface area contributed by atoms with Crippen molar-refractivity contribution < 1.29 is 98.2 Å². The van der Waals surface area contributed by atoms with Gasteiger partial charge < -0.3 is 88.8 Å². The largest absolute Gasteiger partial charge is 0.484 e. The van der Waals surface area contributed by atoms with Crippen LogP contribution in [0.25, 0.3) is 10.9 Å². The van der Waals surface area contributed by atoms with Crippen molar-refractivity contribution in [1.82, 2.24) is 4.98 Å². The van der Waals surface area contributed by atoms with E-state index >= 15 is 0 Å². The van der Waals surface area contributed by atoms with Gasteiger partial charge >= 0.3 is 11.9 Å². The highest BCUT2D eigenvalue weighted by molar-refractivity contribution is 6.04. The number of ketones is 1. The summed E-state index contributed by atoms with van der Waals surface area (Å²) < 4.78 is 45.4. The first-order valence-corrected chi connectivity index (χ1v) is 19.4. The SMILES string of the molecule is O=C1CC(c2ccc(OC3OC(CO)C(O)C(O)C3OC3OCC(O)(COC(=O)c4c[nH]c5ccccc45)C3O)cc2)Oc2cc(OC3OC(C(=O)O)C(O)C(O)C3O)ccc21. The van der Waals surface area contributed by atoms with Crippen LogP contribution in [0.5, 0.6) is 17.2 Å². The lowest BCUT2D eigenvalue weighted by Crippen LogP contribution is -2.62. The Bertz CT molecular complexity index is 2270. The van der Waals surface area contributed by atoms with Crippen molar-refractivity contribution in [1.29, 1.82) is 0 Å². The number of carbonyl (C=O) groups is 3. The van der Waals surface area contributed by atoms with Crippen molar-refractivity contribution in [3.63, 3.8) is 0 Å². The molecule has 5 heterocycles. The van der Waals surface area contributed by atoms with Crippen molar-refractivity contribution >= 4 is 28.6 Å². The summed E-state index contributed by atoms with van der Waals surface area (Å²) in [5, 5.41) is 94.4. The van der Waals surface area contributed by atoms with E-state index < -0.39 is 117 Å². The Labute approximate surface area is 350 Å². The van der Waals surface area contributed by atoms with E-state index in [0.717, 1.165) is 0 Å². The van der Waals surface area contributed by atoms with E-state index in [1.165, 1.54) is 36.5 Å². The summed E-state index contributed by atoms with van der Waals surface area (Å²) in [5.41, 5.74) is -0.542. The van der Waals surface area contributed by atoms with Crippen LogP contribution in [-0.2, 0) is 28.5 Å². The van der Waals surface area contributed by atoms with E-state index in [1.54, 1.807) is 36.4 Å². The Kier molecular flexibility index (Phi) is 12.2. The number of aliphatic hydroxyl groups excluding tert-OH is 7. The highest BCUT2D eigenvalue weighted by Gasteiger charge is 2.54. The van der Waals surface area contributed by atoms with Crippen LogP contribution in [0.15, 0.2) is 72.9 Å². The van der Waals surface area contributed by atoms with Gasteiger partial charge in [-0.3, -0.25) is 4.79 Å². The van der Waals surface area contributed by atoms with E-state index in [0.29, 0.717) is 16.5 Å². The molecule has 21 nitrogen and oxygen atoms in total. The predicted molar refractivity (Wildman–Crippen MR) is 203 cm³/mol. The van der Waals surface area contributed by atoms with Crippen LogP contribution in [0.2, 0.25) is 0 Å². The van der Waals surface area contributed by atoms with Crippen molar-refractivity contribution in [3.8, 4) is 17.2 Å². The number of aliphatic carboxylic acids is 1. The number of aromatic amines is 1. The lowest BCUT2D eigenvalue weighted by atomic mass is 9.96. The lowest BCUT2D eigenvalue weighted by molar-refractivity contribution is -0.318. The zero-order chi connectivity index (χ0) is 44.0. The van der Waals surface area contributed by atoms with Gasteiger partial charge in [0.15, 0.2) is 29.9 Å². The molecule has 0 bridgehead atoms. The number of nitrogens with one attached hydrogen (secondary N) is 1. The van der Waals surface area contributed by atoms with Crippen molar-refractivity contribution in [2.45, 2.75) is 91.9 Å². The molecule has 3 saturated heterocycles. The molecule has 21 heteroatoms. The third-order valence-corrected chi connectivity index (χ3v) is 11.1. The number of fused-ring (bicyclic) bond motifs is 2. The third-order valence-electron chi connectivity index (χ3n) is 11.1. The Morgan fingerprint density at radius 1 is 0.823 bits per heavy atom. The van der Waals surface area contributed by atoms with E-state index in [9.17, 15) is 60.3 Å². The van der Waals surface area contributed by atoms with Gasteiger partial charge in [0.1, 0.15) is 72.7 Å². The molecule has 1 aromatic heterocycles. The summed E-state index contributed by atoms with van der Waals surface area (Å²) in [4.78, 5) is 40.5. The summed E-state index contributed by atoms with van der Waals surface area (Å²) in [6, 6.07) is 17.2. The summed E-state index contributed by atoms with van der Waals surface area (Å²) in [7, 11) is 0. The normalized spacial score (nSPS) is 34.6. The molecule has 14 unspecified atom stereocenters. The van der Waals surface area contributed by atoms with E-state index in [-0.39, 0.29) is 40.6 Å². The highest BCUT2D eigenvalue weighted by Crippen LogP contribution is 2.39. The van der Waals surface area contributed by atoms with Crippen molar-refractivity contribution in [3.05, 3.63) is 89.6 Å². The van der Waals surface area contributed by atoms with E-state index in [2.05, 4.69) is 4.98 Å². The number of ether oxygens (including phenoxy) is 8. The zero-order valence-corrected chi connectivity index (χ0v) is 32.3. The topological polar surface area (TPSA) is 323 Å². The molecule has 0 aliphatic carbocycles. The number of aliphatic hydroxyl groups is 8. The average Bonchev–Trinajstić information content (AvgIpc) is 3.82. The zero-order valence-electron chi connectivity index (χ0n) is 32.3. The standard InChI is InChI=1S/C41H43NO20/c43-14-27-28(45)30(47)34(62-40-35(50)41(54,16-56-40)15-55-37(53)22-13-42-23-4-2-1-3-20(22)23)39(60-27)57-18-7-5-17(6-8-18)25-12-24(44)21-10-9-19(11-26(21)59-25)58-38-32(49)29(46)31(48)33(61-38)36(51)52/h1-11,13,25,27-35,38-40,42-43,45-50,54H,12,14-16H2,(H,51,52). The second kappa shape index (κ2) is 17.5. The van der Waals surface area contributed by atoms with E-state index in [1.807, 2.05) is 0 Å². The lowest BCUT2D eigenvalue weighted by Gasteiger charge is -2.42. The number of benzene rings is 3. The second-order valence-electron chi connectivity index (χ2n) is 15.3. The molecule has 0 spiro atoms. The molecule has 4 aliphatic rings. The van der Waals surface area contributed by atoms with E-state index in [4.69, 9.17) is 37.9 Å². The quantitative estimate of drug-likeness (QED) is 0.0736. The highest BCUT2D eigenvalue weighted by atomic mass is 16.8. The van der Waals surface area contributed by atoms with Gasteiger partial charge in [0, 0.05) is 23.2 Å². The van der Waals surface area contributed by atoms with Crippen molar-refractivity contribution in [2.75, 3.05) is 19.8 Å². The minimum atomic E-state index is -2.14. The number of esters is 1. The number of carboxylic acids is 1. The molecule has 0 amide bonds. The number of Topliss-reactive ketones (excluding diaryl/α,β-unsaturated/α-hetero) is 1. The van der Waals surface area contributed by atoms with Crippen LogP contribution >= 0.6 is 0 Å². The minimum absolute atomic E-state index is 0.0134. The average molecular weight is 870 g/mol. The molecule has 4 aromatic rings. The number of rotatable bonds is 12. The Hall–Kier alpha value is -5.27. The van der Waals surface area contributed by atoms with Crippen LogP contribution in [0.1, 0.15) is 38.8 Å². The van der Waals surface area contributed by atoms with Gasteiger partial charge in [0.2, 0.25) is 12.6 Å². The molecule has 0 saturated carbocycles. The molecular formula is C41H43NO20. The van der Waals surface area contributed by atoms with Gasteiger partial charge in [-0.1, -0.05) is 30.3 Å². The first-order valence-electron chi connectivity index (χ1n) is 19.4. The second-order valence-corrected chi connectivity index (χ2v) is 15.3. The van der Waals surface area contributed by atoms with Gasteiger partial charge in [0.05, 0.1) is 30.8 Å². The number of para-hydroxylation sites is 1. The van der Waals surface area contributed by atoms with Crippen LogP contribution in [-0.4, -0.2) is 168 Å². The first kappa shape index (κ1) is 43.4. The summed E-state index contributed by atoms with van der Waals surface area (Å²) in [6.45, 7) is -1.97. The molecule has 3 aromatic carbocycles. The Balaban J connectivity index is 0.918. The maximum absolute atomic E-state index is 13.2. The maximum atomic E-state index is 13.2. The van der Waals surface area contributed by atoms with Crippen LogP contribution in [0.3, 0.4) is 0 Å². The van der Waals surface area contributed by atoms with Gasteiger partial charge in [0.25, 0.3) is 0 Å². The van der Waals surface area contributed by atoms with Crippen LogP contribution < -0.4 is 14.2 Å². The summed E-state index contributed by atoms with van der Waals surface area (Å²) in [5.74, 6) is -2.47. The molecule has 14 atom stereocenters. The molecule has 8 rings (SSSR count). The van der Waals surface area contributed by atoms with Crippen molar-refractivity contribution in [2.24, 2.45) is 0 Å².